The lowest BCUT2D eigenvalue weighted by Gasteiger charge is -2.35. The second kappa shape index (κ2) is 7.83. The van der Waals surface area contributed by atoms with Crippen molar-refractivity contribution in [2.24, 2.45) is 5.92 Å². The number of halogens is 3. The number of piperidine rings is 1. The molecule has 0 aliphatic carbocycles. The number of hydrogen-bond donors (Lipinski definition) is 1. The highest BCUT2D eigenvalue weighted by Gasteiger charge is 2.33. The predicted octanol–water partition coefficient (Wildman–Crippen LogP) is 1.80. The number of ether oxygens (including phenoxy) is 1. The molecule has 7 heteroatoms. The van der Waals surface area contributed by atoms with Crippen LogP contribution >= 0.6 is 0 Å². The van der Waals surface area contributed by atoms with Crippen molar-refractivity contribution in [2.45, 2.75) is 38.9 Å². The van der Waals surface area contributed by atoms with Crippen molar-refractivity contribution in [1.82, 2.24) is 10.2 Å². The molecule has 118 valence electrons. The summed E-state index contributed by atoms with van der Waals surface area (Å²) in [5.41, 5.74) is 0. The van der Waals surface area contributed by atoms with Gasteiger partial charge in [-0.25, -0.2) is 0 Å². The van der Waals surface area contributed by atoms with Crippen molar-refractivity contribution in [3.05, 3.63) is 0 Å². The van der Waals surface area contributed by atoms with E-state index in [1.807, 2.05) is 13.8 Å². The third-order valence-corrected chi connectivity index (χ3v) is 3.57. The number of amides is 1. The molecule has 0 radical (unpaired) electrons. The average molecular weight is 296 g/mol. The van der Waals surface area contributed by atoms with Crippen LogP contribution in [0.15, 0.2) is 0 Å². The molecule has 0 aromatic rings. The van der Waals surface area contributed by atoms with Gasteiger partial charge in [0.1, 0.15) is 6.61 Å². The molecule has 0 spiro atoms. The highest BCUT2D eigenvalue weighted by Crippen LogP contribution is 2.24. The third kappa shape index (κ3) is 6.56. The van der Waals surface area contributed by atoms with E-state index in [1.54, 1.807) is 0 Å². The molecule has 1 amide bonds. The van der Waals surface area contributed by atoms with E-state index in [-0.39, 0.29) is 24.5 Å². The van der Waals surface area contributed by atoms with Gasteiger partial charge in [0.05, 0.1) is 6.54 Å². The van der Waals surface area contributed by atoms with E-state index < -0.39 is 12.7 Å². The first-order valence-electron chi connectivity index (χ1n) is 6.98. The standard InChI is InChI=1S/C13H23F3N2O2/c1-3-20-8-12(19)17-10(2)11-4-6-18(7-5-11)9-13(14,15)16/h10-11H,3-9H2,1-2H3,(H,17,19). The van der Waals surface area contributed by atoms with E-state index in [9.17, 15) is 18.0 Å². The highest BCUT2D eigenvalue weighted by atomic mass is 19.4. The fourth-order valence-corrected chi connectivity index (χ4v) is 2.47. The maximum Gasteiger partial charge on any atom is 0.401 e. The number of carbonyl (C=O) groups is 1. The molecule has 0 bridgehead atoms. The second-order valence-corrected chi connectivity index (χ2v) is 5.22. The molecule has 1 N–H and O–H groups in total. The lowest BCUT2D eigenvalue weighted by atomic mass is 9.90. The van der Waals surface area contributed by atoms with Gasteiger partial charge in [0.15, 0.2) is 0 Å². The Bertz CT molecular complexity index is 302. The minimum atomic E-state index is -4.13. The first-order chi connectivity index (χ1) is 9.31. The maximum atomic E-state index is 12.3. The molecule has 1 heterocycles. The third-order valence-electron chi connectivity index (χ3n) is 3.57. The van der Waals surface area contributed by atoms with Crippen molar-refractivity contribution >= 4 is 5.91 Å². The molecule has 0 aromatic heterocycles. The summed E-state index contributed by atoms with van der Waals surface area (Å²) in [7, 11) is 0. The van der Waals surface area contributed by atoms with Crippen LogP contribution < -0.4 is 5.32 Å². The highest BCUT2D eigenvalue weighted by molar-refractivity contribution is 5.77. The zero-order valence-corrected chi connectivity index (χ0v) is 12.0. The minimum Gasteiger partial charge on any atom is -0.372 e. The van der Waals surface area contributed by atoms with Gasteiger partial charge in [-0.1, -0.05) is 0 Å². The Kier molecular flexibility index (Phi) is 6.75. The van der Waals surface area contributed by atoms with Crippen molar-refractivity contribution < 1.29 is 22.7 Å². The Morgan fingerprint density at radius 1 is 1.40 bits per heavy atom. The van der Waals surface area contributed by atoms with Crippen LogP contribution in [0.25, 0.3) is 0 Å². The molecule has 1 fully saturated rings. The summed E-state index contributed by atoms with van der Waals surface area (Å²) in [6, 6.07) is -0.0315. The average Bonchev–Trinajstić information content (AvgIpc) is 2.35. The van der Waals surface area contributed by atoms with Gasteiger partial charge in [0, 0.05) is 12.6 Å². The molecule has 1 aliphatic heterocycles. The van der Waals surface area contributed by atoms with E-state index in [0.717, 1.165) is 0 Å². The van der Waals surface area contributed by atoms with Crippen molar-refractivity contribution in [2.75, 3.05) is 32.8 Å². The summed E-state index contributed by atoms with van der Waals surface area (Å²) in [4.78, 5) is 12.9. The van der Waals surface area contributed by atoms with E-state index in [1.165, 1.54) is 4.90 Å². The summed E-state index contributed by atoms with van der Waals surface area (Å²) in [5.74, 6) is 0.0575. The van der Waals surface area contributed by atoms with Crippen LogP contribution in [0.3, 0.4) is 0 Å². The first kappa shape index (κ1) is 17.2. The molecule has 0 aromatic carbocycles. The molecule has 20 heavy (non-hydrogen) atoms. The number of rotatable bonds is 6. The molecular weight excluding hydrogens is 273 g/mol. The fraction of sp³-hybridized carbons (Fsp3) is 0.923. The molecule has 0 saturated carbocycles. The summed E-state index contributed by atoms with van der Waals surface area (Å²) < 4.78 is 41.8. The zero-order valence-electron chi connectivity index (χ0n) is 12.0. The lowest BCUT2D eigenvalue weighted by molar-refractivity contribution is -0.148. The van der Waals surface area contributed by atoms with Crippen LogP contribution in [0.1, 0.15) is 26.7 Å². The molecular formula is C13H23F3N2O2. The summed E-state index contributed by atoms with van der Waals surface area (Å²) in [6.45, 7) is 4.24. The number of likely N-dealkylation sites (tertiary alicyclic amines) is 1. The van der Waals surface area contributed by atoms with E-state index >= 15 is 0 Å². The molecule has 1 aliphatic rings. The van der Waals surface area contributed by atoms with Crippen LogP contribution in [0, 0.1) is 5.92 Å². The van der Waals surface area contributed by atoms with E-state index in [0.29, 0.717) is 32.5 Å². The topological polar surface area (TPSA) is 41.6 Å². The normalized spacial score (nSPS) is 19.9. The van der Waals surface area contributed by atoms with Crippen LogP contribution in [0.5, 0.6) is 0 Å². The molecule has 4 nitrogen and oxygen atoms in total. The van der Waals surface area contributed by atoms with Crippen LogP contribution in [-0.2, 0) is 9.53 Å². The van der Waals surface area contributed by atoms with Gasteiger partial charge in [-0.2, -0.15) is 13.2 Å². The predicted molar refractivity (Wildman–Crippen MR) is 69.3 cm³/mol. The van der Waals surface area contributed by atoms with Gasteiger partial charge in [-0.15, -0.1) is 0 Å². The largest absolute Gasteiger partial charge is 0.401 e. The van der Waals surface area contributed by atoms with Gasteiger partial charge in [-0.3, -0.25) is 9.69 Å². The van der Waals surface area contributed by atoms with Gasteiger partial charge < -0.3 is 10.1 Å². The van der Waals surface area contributed by atoms with Gasteiger partial charge in [0.2, 0.25) is 5.91 Å². The first-order valence-corrected chi connectivity index (χ1v) is 6.98. The zero-order chi connectivity index (χ0) is 15.2. The quantitative estimate of drug-likeness (QED) is 0.812. The molecule has 1 atom stereocenters. The van der Waals surface area contributed by atoms with Gasteiger partial charge >= 0.3 is 6.18 Å². The molecule has 1 unspecified atom stereocenters. The number of nitrogens with zero attached hydrogens (tertiary/aromatic N) is 1. The number of alkyl halides is 3. The van der Waals surface area contributed by atoms with Crippen molar-refractivity contribution in [3.63, 3.8) is 0 Å². The number of nitrogens with one attached hydrogen (secondary N) is 1. The van der Waals surface area contributed by atoms with Gasteiger partial charge in [-0.05, 0) is 45.7 Å². The Hall–Kier alpha value is -0.820. The fourth-order valence-electron chi connectivity index (χ4n) is 2.47. The summed E-state index contributed by atoms with van der Waals surface area (Å²) >= 11 is 0. The van der Waals surface area contributed by atoms with Crippen LogP contribution in [-0.4, -0.2) is 55.9 Å². The second-order valence-electron chi connectivity index (χ2n) is 5.22. The van der Waals surface area contributed by atoms with Gasteiger partial charge in [0.25, 0.3) is 0 Å². The summed E-state index contributed by atoms with van der Waals surface area (Å²) in [6.07, 6.45) is -2.79. The molecule has 1 rings (SSSR count). The SMILES string of the molecule is CCOCC(=O)NC(C)C1CCN(CC(F)(F)F)CC1. The van der Waals surface area contributed by atoms with E-state index in [2.05, 4.69) is 5.32 Å². The Morgan fingerprint density at radius 3 is 2.50 bits per heavy atom. The number of carbonyl (C=O) groups excluding carboxylic acids is 1. The number of hydrogen-bond acceptors (Lipinski definition) is 3. The van der Waals surface area contributed by atoms with Crippen LogP contribution in [0.4, 0.5) is 13.2 Å². The van der Waals surface area contributed by atoms with Crippen molar-refractivity contribution in [3.8, 4) is 0 Å². The monoisotopic (exact) mass is 296 g/mol. The smallest absolute Gasteiger partial charge is 0.372 e. The lowest BCUT2D eigenvalue weighted by Crippen LogP contribution is -2.46. The summed E-state index contributed by atoms with van der Waals surface area (Å²) in [5, 5.41) is 2.84. The Labute approximate surface area is 117 Å². The Morgan fingerprint density at radius 2 is 2.00 bits per heavy atom. The molecule has 1 saturated heterocycles. The Balaban J connectivity index is 2.28. The van der Waals surface area contributed by atoms with Crippen LogP contribution in [0.2, 0.25) is 0 Å². The maximum absolute atomic E-state index is 12.3. The minimum absolute atomic E-state index is 0.0315. The van der Waals surface area contributed by atoms with E-state index in [4.69, 9.17) is 4.74 Å². The van der Waals surface area contributed by atoms with Crippen molar-refractivity contribution in [1.29, 1.82) is 0 Å².